The third-order valence-electron chi connectivity index (χ3n) is 0. The summed E-state index contributed by atoms with van der Waals surface area (Å²) in [6.07, 6.45) is 0. The SMILES string of the molecule is P.[Ca].[Cu].[Fe].[Mg].[Mn].[Zn]. The van der Waals surface area contributed by atoms with Crippen molar-refractivity contribution >= 4 is 70.7 Å². The molecule has 40 valence electrons. The molecule has 0 aromatic heterocycles. The zero-order valence-electron chi connectivity index (χ0n) is 3.86. The van der Waals surface area contributed by atoms with Gasteiger partial charge in [0, 0.05) is 131 Å². The van der Waals surface area contributed by atoms with Gasteiger partial charge in [0.15, 0.2) is 0 Å². The van der Waals surface area contributed by atoms with Gasteiger partial charge in [0.05, 0.1) is 0 Å². The first-order valence-corrected chi connectivity index (χ1v) is 0. The van der Waals surface area contributed by atoms with Gasteiger partial charge in [-0.2, -0.15) is 9.90 Å². The maximum atomic E-state index is 0. The van der Waals surface area contributed by atoms with Crippen molar-refractivity contribution in [2.24, 2.45) is 0 Å². The van der Waals surface area contributed by atoms with Gasteiger partial charge in [-0.25, -0.2) is 0 Å². The molecule has 0 saturated heterocycles. The summed E-state index contributed by atoms with van der Waals surface area (Å²) in [4.78, 5) is 0. The molecule has 0 aromatic carbocycles. The van der Waals surface area contributed by atoms with Crippen LogP contribution in [0.2, 0.25) is 0 Å². The molecule has 7 heavy (non-hydrogen) atoms. The molecule has 0 bridgehead atoms. The van der Waals surface area contributed by atoms with Crippen LogP contribution in [0.15, 0.2) is 0 Å². The average Bonchev–Trinajstić information content (AvgIpc) is 0. The Morgan fingerprint density at radius 3 is 1.00 bits per heavy atom. The van der Waals surface area contributed by atoms with Crippen molar-refractivity contribution in [3.8, 4) is 0 Å². The molecule has 0 heterocycles. The number of hydrogen-bond acceptors (Lipinski definition) is 0. The largest absolute Gasteiger partial charge is 0.153 e. The van der Waals surface area contributed by atoms with E-state index in [-0.39, 0.29) is 141 Å². The summed E-state index contributed by atoms with van der Waals surface area (Å²) in [6.45, 7) is 0. The van der Waals surface area contributed by atoms with Crippen molar-refractivity contribution in [2.45, 2.75) is 0 Å². The minimum atomic E-state index is 0. The second-order valence-corrected chi connectivity index (χ2v) is 0. The second-order valence-electron chi connectivity index (χ2n) is 0. The Balaban J connectivity index is 0. The quantitative estimate of drug-likeness (QED) is 0.404. The van der Waals surface area contributed by atoms with Crippen LogP contribution in [0.25, 0.3) is 0 Å². The topological polar surface area (TPSA) is 0 Å². The van der Waals surface area contributed by atoms with Crippen molar-refractivity contribution < 1.29 is 70.7 Å². The van der Waals surface area contributed by atoms with E-state index in [4.69, 9.17) is 0 Å². The fourth-order valence-electron chi connectivity index (χ4n) is 0. The molecule has 0 aliphatic carbocycles. The summed E-state index contributed by atoms with van der Waals surface area (Å²) in [5.74, 6) is 0. The van der Waals surface area contributed by atoms with E-state index in [1.807, 2.05) is 0 Å². The third kappa shape index (κ3) is 36.9. The van der Waals surface area contributed by atoms with Crippen molar-refractivity contribution in [1.82, 2.24) is 0 Å². The van der Waals surface area contributed by atoms with E-state index in [0.29, 0.717) is 0 Å². The maximum absolute atomic E-state index is 0. The van der Waals surface area contributed by atoms with Crippen LogP contribution < -0.4 is 0 Å². The molecule has 1 unspecified atom stereocenters. The van der Waals surface area contributed by atoms with E-state index in [1.165, 1.54) is 0 Å². The molecular weight excluding hydrogens is 335 g/mol. The van der Waals surface area contributed by atoms with Gasteiger partial charge in [0.1, 0.15) is 0 Å². The minimum Gasteiger partial charge on any atom is -0.153 e. The zero-order valence-corrected chi connectivity index (χ0v) is 15.1. The van der Waals surface area contributed by atoms with E-state index in [0.717, 1.165) is 0 Å². The summed E-state index contributed by atoms with van der Waals surface area (Å²) in [5, 5.41) is 0. The standard InChI is InChI=1S/Ca.Cu.Fe.Mg.Mn.H3P.Zn/h;;;;;1H3;. The van der Waals surface area contributed by atoms with Crippen molar-refractivity contribution in [3.05, 3.63) is 0 Å². The van der Waals surface area contributed by atoms with Gasteiger partial charge in [-0.05, 0) is 0 Å². The molecule has 6 radical (unpaired) electrons. The van der Waals surface area contributed by atoms with Crippen LogP contribution in [0.1, 0.15) is 0 Å². The van der Waals surface area contributed by atoms with Crippen LogP contribution in [0.5, 0.6) is 0 Å². The molecule has 0 aromatic rings. The average molecular weight is 338 g/mol. The van der Waals surface area contributed by atoms with E-state index < -0.39 is 0 Å². The van der Waals surface area contributed by atoms with Crippen molar-refractivity contribution in [2.75, 3.05) is 0 Å². The van der Waals surface area contributed by atoms with Gasteiger partial charge >= 0.3 is 0 Å². The van der Waals surface area contributed by atoms with Crippen LogP contribution >= 0.6 is 9.90 Å². The Kier molecular flexibility index (Phi) is 402. The molecule has 0 N–H and O–H groups in total. The normalized spacial score (nSPS) is 0. The summed E-state index contributed by atoms with van der Waals surface area (Å²) in [7, 11) is 0. The first kappa shape index (κ1) is 61.2. The van der Waals surface area contributed by atoms with Gasteiger partial charge in [-0.1, -0.05) is 0 Å². The molecule has 0 nitrogen and oxygen atoms in total. The molecule has 0 aliphatic rings. The molecule has 0 saturated carbocycles. The summed E-state index contributed by atoms with van der Waals surface area (Å²) >= 11 is 0. The number of hydrogen-bond donors (Lipinski definition) is 0. The van der Waals surface area contributed by atoms with E-state index in [2.05, 4.69) is 0 Å². The molecule has 0 amide bonds. The summed E-state index contributed by atoms with van der Waals surface area (Å²) < 4.78 is 0. The maximum Gasteiger partial charge on any atom is 0 e. The monoisotopic (exact) mass is 336 g/mol. The van der Waals surface area contributed by atoms with Gasteiger partial charge in [0.2, 0.25) is 0 Å². The Morgan fingerprint density at radius 1 is 1.00 bits per heavy atom. The Labute approximate surface area is 138 Å². The molecule has 0 spiro atoms. The van der Waals surface area contributed by atoms with Crippen molar-refractivity contribution in [3.63, 3.8) is 0 Å². The molecule has 7 heteroatoms. The van der Waals surface area contributed by atoms with Crippen molar-refractivity contribution in [1.29, 1.82) is 0 Å². The number of rotatable bonds is 0. The fourth-order valence-corrected chi connectivity index (χ4v) is 0. The van der Waals surface area contributed by atoms with Gasteiger partial charge < -0.3 is 0 Å². The van der Waals surface area contributed by atoms with Gasteiger partial charge in [-0.15, -0.1) is 0 Å². The molecule has 0 rings (SSSR count). The Bertz CT molecular complexity index is 19.7. The fraction of sp³-hybridized carbons (Fsp3) is 0. The molecular formula is H3CaCuFeMgMnPZn. The van der Waals surface area contributed by atoms with E-state index in [9.17, 15) is 0 Å². The van der Waals surface area contributed by atoms with Gasteiger partial charge in [0.25, 0.3) is 0 Å². The molecule has 0 fully saturated rings. The molecule has 1 atom stereocenters. The van der Waals surface area contributed by atoms with Crippen LogP contribution in [0.3, 0.4) is 0 Å². The predicted molar refractivity (Wildman–Crippen MR) is 22.6 cm³/mol. The predicted octanol–water partition coefficient (Wildman–Crippen LogP) is -0.714. The zero-order chi connectivity index (χ0) is 0. The summed E-state index contributed by atoms with van der Waals surface area (Å²) in [5.41, 5.74) is 0. The third-order valence-corrected chi connectivity index (χ3v) is 0. The van der Waals surface area contributed by atoms with E-state index in [1.54, 1.807) is 0 Å². The van der Waals surface area contributed by atoms with Gasteiger partial charge in [-0.3, -0.25) is 0 Å². The Hall–Kier alpha value is 4.64. The van der Waals surface area contributed by atoms with E-state index >= 15 is 0 Å². The smallest absolute Gasteiger partial charge is 0 e. The van der Waals surface area contributed by atoms with Crippen LogP contribution in [0.4, 0.5) is 0 Å². The minimum absolute atomic E-state index is 0. The first-order valence-electron chi connectivity index (χ1n) is 0. The second kappa shape index (κ2) is 45.9. The molecule has 0 aliphatic heterocycles. The van der Waals surface area contributed by atoms with Crippen LogP contribution in [0, 0.1) is 0 Å². The van der Waals surface area contributed by atoms with Crippen LogP contribution in [-0.2, 0) is 70.7 Å². The van der Waals surface area contributed by atoms with Crippen LogP contribution in [-0.4, -0.2) is 60.8 Å². The first-order chi connectivity index (χ1) is 0. The summed E-state index contributed by atoms with van der Waals surface area (Å²) in [6, 6.07) is 0. The Morgan fingerprint density at radius 2 is 1.00 bits per heavy atom.